The summed E-state index contributed by atoms with van der Waals surface area (Å²) in [5, 5.41) is 18.8. The maximum atomic E-state index is 11.9. The molecule has 1 saturated carbocycles. The Hall–Kier alpha value is -1.36. The number of carboxylic acid groups (broad SMARTS) is 1. The van der Waals surface area contributed by atoms with Crippen LogP contribution in [0.1, 0.15) is 26.2 Å². The molecule has 17 heavy (non-hydrogen) atoms. The quantitative estimate of drug-likeness (QED) is 0.679. The van der Waals surface area contributed by atoms with Gasteiger partial charge in [-0.2, -0.15) is 0 Å². The molecule has 2 aliphatic heterocycles. The number of amides is 1. The van der Waals surface area contributed by atoms with Gasteiger partial charge in [-0.05, 0) is 31.8 Å². The highest BCUT2D eigenvalue weighted by Crippen LogP contribution is 2.53. The van der Waals surface area contributed by atoms with Crippen LogP contribution in [0.25, 0.3) is 0 Å². The van der Waals surface area contributed by atoms with Crippen molar-refractivity contribution in [3.8, 4) is 0 Å². The Balaban J connectivity index is 2.01. The average molecular weight is 237 g/mol. The van der Waals surface area contributed by atoms with E-state index in [0.29, 0.717) is 0 Å². The Kier molecular flexibility index (Phi) is 2.10. The average Bonchev–Trinajstić information content (AvgIpc) is 2.75. The highest BCUT2D eigenvalue weighted by atomic mass is 16.4. The van der Waals surface area contributed by atoms with Crippen molar-refractivity contribution in [1.29, 1.82) is 0 Å². The molecule has 1 saturated heterocycles. The van der Waals surface area contributed by atoms with E-state index in [0.717, 1.165) is 24.8 Å². The fraction of sp³-hybridized carbons (Fsp3) is 0.667. The molecular formula is C12H15NO4. The highest BCUT2D eigenvalue weighted by molar-refractivity contribution is 6.00. The van der Waals surface area contributed by atoms with Gasteiger partial charge in [-0.25, -0.2) is 4.79 Å². The molecule has 92 valence electrons. The molecule has 0 bridgehead atoms. The van der Waals surface area contributed by atoms with Crippen molar-refractivity contribution in [2.45, 2.75) is 38.3 Å². The van der Waals surface area contributed by atoms with Crippen molar-refractivity contribution < 1.29 is 19.8 Å². The van der Waals surface area contributed by atoms with Crippen LogP contribution in [0.15, 0.2) is 11.3 Å². The third kappa shape index (κ3) is 1.17. The summed E-state index contributed by atoms with van der Waals surface area (Å²) >= 11 is 0. The molecular weight excluding hydrogens is 222 g/mol. The van der Waals surface area contributed by atoms with E-state index in [1.54, 1.807) is 6.92 Å². The third-order valence-corrected chi connectivity index (χ3v) is 4.28. The van der Waals surface area contributed by atoms with Gasteiger partial charge >= 0.3 is 5.97 Å². The first-order valence-corrected chi connectivity index (χ1v) is 6.01. The molecule has 3 rings (SSSR count). The molecule has 1 aliphatic carbocycles. The number of carboxylic acids is 1. The number of hydrogen-bond acceptors (Lipinski definition) is 3. The number of aliphatic hydroxyl groups is 1. The summed E-state index contributed by atoms with van der Waals surface area (Å²) in [7, 11) is 0. The fourth-order valence-corrected chi connectivity index (χ4v) is 3.65. The van der Waals surface area contributed by atoms with Gasteiger partial charge in [0.05, 0.1) is 18.1 Å². The minimum Gasteiger partial charge on any atom is -0.477 e. The highest BCUT2D eigenvalue weighted by Gasteiger charge is 2.61. The lowest BCUT2D eigenvalue weighted by Crippen LogP contribution is -2.63. The van der Waals surface area contributed by atoms with Crippen LogP contribution < -0.4 is 0 Å². The summed E-state index contributed by atoms with van der Waals surface area (Å²) in [6.45, 7) is 1.60. The molecule has 0 aromatic rings. The third-order valence-electron chi connectivity index (χ3n) is 4.28. The second-order valence-corrected chi connectivity index (χ2v) is 5.14. The number of β-lactam (4-membered cyclic amide) rings is 1. The zero-order chi connectivity index (χ0) is 12.3. The molecule has 0 aromatic carbocycles. The monoisotopic (exact) mass is 237 g/mol. The summed E-state index contributed by atoms with van der Waals surface area (Å²) in [5.41, 5.74) is 1.11. The molecule has 2 fully saturated rings. The first kappa shape index (κ1) is 10.8. The van der Waals surface area contributed by atoms with Crippen molar-refractivity contribution >= 4 is 11.9 Å². The fourth-order valence-electron chi connectivity index (χ4n) is 3.65. The van der Waals surface area contributed by atoms with Gasteiger partial charge in [-0.15, -0.1) is 0 Å². The van der Waals surface area contributed by atoms with E-state index in [-0.39, 0.29) is 23.6 Å². The van der Waals surface area contributed by atoms with Crippen LogP contribution in [-0.4, -0.2) is 39.1 Å². The molecule has 0 spiro atoms. The number of hydrogen-bond donors (Lipinski definition) is 2. The van der Waals surface area contributed by atoms with E-state index in [1.807, 2.05) is 0 Å². The van der Waals surface area contributed by atoms with Crippen molar-refractivity contribution in [3.63, 3.8) is 0 Å². The predicted octanol–water partition coefficient (Wildman–Crippen LogP) is 0.347. The SMILES string of the molecule is CC(O)C1C(=O)N2C(C(=O)O)=C3CCCC3C12. The van der Waals surface area contributed by atoms with Crippen LogP contribution in [0, 0.1) is 11.8 Å². The number of aliphatic hydroxyl groups excluding tert-OH is 1. The van der Waals surface area contributed by atoms with Gasteiger partial charge in [0.2, 0.25) is 5.91 Å². The van der Waals surface area contributed by atoms with Crippen LogP contribution >= 0.6 is 0 Å². The number of rotatable bonds is 2. The zero-order valence-electron chi connectivity index (χ0n) is 9.59. The number of carbonyl (C=O) groups excluding carboxylic acids is 1. The second-order valence-electron chi connectivity index (χ2n) is 5.14. The van der Waals surface area contributed by atoms with Gasteiger partial charge in [-0.3, -0.25) is 4.79 Å². The molecule has 2 N–H and O–H groups in total. The van der Waals surface area contributed by atoms with Gasteiger partial charge < -0.3 is 15.1 Å². The Bertz CT molecular complexity index is 440. The summed E-state index contributed by atoms with van der Waals surface area (Å²) in [5.74, 6) is -1.49. The molecule has 5 nitrogen and oxygen atoms in total. The topological polar surface area (TPSA) is 77.8 Å². The molecule has 1 amide bonds. The van der Waals surface area contributed by atoms with E-state index in [2.05, 4.69) is 0 Å². The summed E-state index contributed by atoms with van der Waals surface area (Å²) in [6.07, 6.45) is 2.00. The van der Waals surface area contributed by atoms with E-state index >= 15 is 0 Å². The maximum absolute atomic E-state index is 11.9. The van der Waals surface area contributed by atoms with Crippen LogP contribution in [0.4, 0.5) is 0 Å². The normalized spacial score (nSPS) is 36.7. The van der Waals surface area contributed by atoms with Crippen molar-refractivity contribution in [1.82, 2.24) is 4.90 Å². The molecule has 3 aliphatic rings. The summed E-state index contributed by atoms with van der Waals surface area (Å²) in [4.78, 5) is 24.5. The van der Waals surface area contributed by atoms with Gasteiger partial charge in [0.25, 0.3) is 0 Å². The lowest BCUT2D eigenvalue weighted by molar-refractivity contribution is -0.163. The molecule has 0 radical (unpaired) electrons. The molecule has 0 aromatic heterocycles. The lowest BCUT2D eigenvalue weighted by Gasteiger charge is -2.46. The minimum absolute atomic E-state index is 0.105. The van der Waals surface area contributed by atoms with Gasteiger partial charge in [-0.1, -0.05) is 0 Å². The Morgan fingerprint density at radius 3 is 2.82 bits per heavy atom. The smallest absolute Gasteiger partial charge is 0.352 e. The number of carbonyl (C=O) groups is 2. The van der Waals surface area contributed by atoms with E-state index in [4.69, 9.17) is 0 Å². The zero-order valence-corrected chi connectivity index (χ0v) is 9.59. The van der Waals surface area contributed by atoms with Crippen molar-refractivity contribution in [2.75, 3.05) is 0 Å². The maximum Gasteiger partial charge on any atom is 0.352 e. The molecule has 2 heterocycles. The lowest BCUT2D eigenvalue weighted by atomic mass is 9.77. The van der Waals surface area contributed by atoms with Crippen LogP contribution in [-0.2, 0) is 9.59 Å². The van der Waals surface area contributed by atoms with Gasteiger partial charge in [0, 0.05) is 5.92 Å². The van der Waals surface area contributed by atoms with Crippen LogP contribution in [0.5, 0.6) is 0 Å². The van der Waals surface area contributed by atoms with E-state index in [9.17, 15) is 19.8 Å². The predicted molar refractivity (Wildman–Crippen MR) is 57.8 cm³/mol. The van der Waals surface area contributed by atoms with Gasteiger partial charge in [0.1, 0.15) is 5.70 Å². The Morgan fingerprint density at radius 2 is 2.24 bits per heavy atom. The minimum atomic E-state index is -1.01. The number of nitrogens with zero attached hydrogens (tertiary/aromatic N) is 1. The molecule has 5 heteroatoms. The first-order chi connectivity index (χ1) is 8.04. The van der Waals surface area contributed by atoms with E-state index in [1.165, 1.54) is 4.90 Å². The Labute approximate surface area is 98.7 Å². The number of fused-ring (bicyclic) bond motifs is 3. The second kappa shape index (κ2) is 3.32. The van der Waals surface area contributed by atoms with Gasteiger partial charge in [0.15, 0.2) is 0 Å². The summed E-state index contributed by atoms with van der Waals surface area (Å²) < 4.78 is 0. The first-order valence-electron chi connectivity index (χ1n) is 6.01. The Morgan fingerprint density at radius 1 is 1.53 bits per heavy atom. The van der Waals surface area contributed by atoms with Crippen molar-refractivity contribution in [2.24, 2.45) is 11.8 Å². The largest absolute Gasteiger partial charge is 0.477 e. The molecule has 4 unspecified atom stereocenters. The van der Waals surface area contributed by atoms with Crippen LogP contribution in [0.3, 0.4) is 0 Å². The summed E-state index contributed by atoms with van der Waals surface area (Å²) in [6, 6.07) is -0.105. The standard InChI is InChI=1S/C12H15NO4/c1-5(14)8-9-6-3-2-4-7(6)10(12(16)17)13(9)11(8)15/h5-6,8-9,14H,2-4H2,1H3,(H,16,17). The number of aliphatic carboxylic acids is 1. The van der Waals surface area contributed by atoms with Crippen LogP contribution in [0.2, 0.25) is 0 Å². The van der Waals surface area contributed by atoms with E-state index < -0.39 is 18.0 Å². The molecule has 4 atom stereocenters. The van der Waals surface area contributed by atoms with Crippen molar-refractivity contribution in [3.05, 3.63) is 11.3 Å².